The van der Waals surface area contributed by atoms with Crippen LogP contribution in [-0.2, 0) is 41.7 Å². The molecule has 6 rings (SSSR count). The van der Waals surface area contributed by atoms with Gasteiger partial charge in [0.2, 0.25) is 5.91 Å². The van der Waals surface area contributed by atoms with Gasteiger partial charge in [-0.3, -0.25) is 9.59 Å². The van der Waals surface area contributed by atoms with Gasteiger partial charge in [-0.15, -0.1) is 0 Å². The molecule has 0 spiro atoms. The summed E-state index contributed by atoms with van der Waals surface area (Å²) in [4.78, 5) is 31.6. The molecule has 0 saturated heterocycles. The van der Waals surface area contributed by atoms with Gasteiger partial charge in [-0.1, -0.05) is 35.3 Å². The average molecular weight is 792 g/mol. The summed E-state index contributed by atoms with van der Waals surface area (Å²) in [7, 11) is 0. The number of anilines is 1. The van der Waals surface area contributed by atoms with E-state index in [-0.39, 0.29) is 73.9 Å². The van der Waals surface area contributed by atoms with Gasteiger partial charge in [0.1, 0.15) is 33.6 Å². The molecule has 2 aromatic carbocycles. The highest BCUT2D eigenvalue weighted by Crippen LogP contribution is 2.37. The van der Waals surface area contributed by atoms with Crippen LogP contribution in [0, 0.1) is 23.3 Å². The number of benzene rings is 2. The van der Waals surface area contributed by atoms with E-state index in [2.05, 4.69) is 41.8 Å². The molecule has 0 bridgehead atoms. The standard InChI is InChI=1S/C15H10BrClF2N2O.C9H7BrF2.C7H6ClNO2/c16-10-7-11(18)14-9(13(10)19)3-5-21(14)12(22)6-8-2-1-4-20-15(8)17;10-7-4-8(11)5-2-1-3-6(5)9(7)12;8-7-5(4-6(10)11)2-1-3-9-7/h1-2,4,7H,3,5-6H2;4H,1-3H2;1-3H,4H2,(H,10,11). The van der Waals surface area contributed by atoms with E-state index in [1.165, 1.54) is 23.4 Å². The van der Waals surface area contributed by atoms with Crippen LogP contribution in [-0.4, -0.2) is 33.5 Å². The molecule has 1 N–H and O–H groups in total. The van der Waals surface area contributed by atoms with Gasteiger partial charge in [0.15, 0.2) is 0 Å². The maximum absolute atomic E-state index is 14.1. The normalized spacial score (nSPS) is 12.8. The predicted octanol–water partition coefficient (Wildman–Crippen LogP) is 8.49. The van der Waals surface area contributed by atoms with Crippen LogP contribution in [0.5, 0.6) is 0 Å². The third-order valence-electron chi connectivity index (χ3n) is 6.99. The number of amides is 1. The second-order valence-electron chi connectivity index (χ2n) is 9.90. The summed E-state index contributed by atoms with van der Waals surface area (Å²) in [5.41, 5.74) is 2.46. The highest BCUT2D eigenvalue weighted by atomic mass is 79.9. The number of carbonyl (C=O) groups excluding carboxylic acids is 1. The molecule has 2 aliphatic rings. The largest absolute Gasteiger partial charge is 0.481 e. The van der Waals surface area contributed by atoms with Crippen molar-refractivity contribution in [3.8, 4) is 0 Å². The minimum absolute atomic E-state index is 0.0107. The lowest BCUT2D eigenvalue weighted by Gasteiger charge is -2.18. The van der Waals surface area contributed by atoms with E-state index in [1.54, 1.807) is 24.3 Å². The van der Waals surface area contributed by atoms with Crippen molar-refractivity contribution in [2.75, 3.05) is 11.4 Å². The molecule has 4 aromatic rings. The number of aromatic nitrogens is 2. The number of carboxylic acid groups (broad SMARTS) is 1. The summed E-state index contributed by atoms with van der Waals surface area (Å²) >= 11 is 17.5. The Balaban J connectivity index is 0.000000169. The molecule has 45 heavy (non-hydrogen) atoms. The molecule has 0 radical (unpaired) electrons. The van der Waals surface area contributed by atoms with E-state index in [1.807, 2.05) is 0 Å². The Hall–Kier alpha value is -3.06. The SMILES string of the molecule is Fc1cc(Br)c(F)c2c1CCC2.O=C(Cc1cccnc1Cl)N1CCc2c(F)c(Br)cc(F)c21.O=C(O)Cc1cccnc1Cl. The Morgan fingerprint density at radius 1 is 0.800 bits per heavy atom. The molecule has 0 unspecified atom stereocenters. The van der Waals surface area contributed by atoms with Gasteiger partial charge >= 0.3 is 5.97 Å². The van der Waals surface area contributed by atoms with Crippen molar-refractivity contribution < 1.29 is 32.3 Å². The van der Waals surface area contributed by atoms with Gasteiger partial charge in [-0.05, 0) is 98.5 Å². The quantitative estimate of drug-likeness (QED) is 0.127. The molecule has 14 heteroatoms. The average Bonchev–Trinajstić information content (AvgIpc) is 3.67. The Morgan fingerprint density at radius 3 is 1.91 bits per heavy atom. The maximum atomic E-state index is 14.1. The fourth-order valence-corrected chi connectivity index (χ4v) is 6.17. The predicted molar refractivity (Wildman–Crippen MR) is 170 cm³/mol. The van der Waals surface area contributed by atoms with Crippen molar-refractivity contribution in [3.05, 3.63) is 119 Å². The van der Waals surface area contributed by atoms with Crippen molar-refractivity contribution in [1.29, 1.82) is 0 Å². The molecular weight excluding hydrogens is 769 g/mol. The van der Waals surface area contributed by atoms with Crippen LogP contribution in [0.3, 0.4) is 0 Å². The summed E-state index contributed by atoms with van der Waals surface area (Å²) in [5, 5.41) is 8.90. The maximum Gasteiger partial charge on any atom is 0.307 e. The molecule has 6 nitrogen and oxygen atoms in total. The van der Waals surface area contributed by atoms with Gasteiger partial charge in [0, 0.05) is 30.1 Å². The Bertz CT molecular complexity index is 1760. The van der Waals surface area contributed by atoms with Crippen molar-refractivity contribution in [2.24, 2.45) is 0 Å². The zero-order valence-corrected chi connectivity index (χ0v) is 27.9. The second-order valence-corrected chi connectivity index (χ2v) is 12.3. The van der Waals surface area contributed by atoms with Crippen molar-refractivity contribution in [3.63, 3.8) is 0 Å². The van der Waals surface area contributed by atoms with Gasteiger partial charge in [0.05, 0.1) is 27.5 Å². The third kappa shape index (κ3) is 8.41. The van der Waals surface area contributed by atoms with Gasteiger partial charge < -0.3 is 10.0 Å². The topological polar surface area (TPSA) is 83.4 Å². The molecule has 1 aliphatic carbocycles. The lowest BCUT2D eigenvalue weighted by Crippen LogP contribution is -2.31. The van der Waals surface area contributed by atoms with Crippen molar-refractivity contribution in [1.82, 2.24) is 9.97 Å². The highest BCUT2D eigenvalue weighted by molar-refractivity contribution is 9.10. The van der Waals surface area contributed by atoms with Gasteiger partial charge in [-0.25, -0.2) is 27.5 Å². The molecule has 1 aliphatic heterocycles. The fraction of sp³-hybridized carbons (Fsp3) is 0.226. The molecular formula is C31H23Br2Cl2F4N3O3. The summed E-state index contributed by atoms with van der Waals surface area (Å²) < 4.78 is 54.9. The van der Waals surface area contributed by atoms with E-state index in [4.69, 9.17) is 28.3 Å². The molecule has 1 amide bonds. The van der Waals surface area contributed by atoms with Crippen LogP contribution in [0.4, 0.5) is 23.2 Å². The summed E-state index contributed by atoms with van der Waals surface area (Å²) in [5.74, 6) is -2.95. The lowest BCUT2D eigenvalue weighted by molar-refractivity contribution is -0.136. The van der Waals surface area contributed by atoms with Crippen LogP contribution >= 0.6 is 55.1 Å². The van der Waals surface area contributed by atoms with Crippen molar-refractivity contribution >= 4 is 72.6 Å². The smallest absolute Gasteiger partial charge is 0.307 e. The molecule has 0 saturated carbocycles. The van der Waals surface area contributed by atoms with Crippen LogP contribution < -0.4 is 4.90 Å². The van der Waals surface area contributed by atoms with Gasteiger partial charge in [-0.2, -0.15) is 0 Å². The van der Waals surface area contributed by atoms with Crippen LogP contribution in [0.15, 0.2) is 57.7 Å². The van der Waals surface area contributed by atoms with Crippen LogP contribution in [0.1, 0.15) is 34.2 Å². The number of aliphatic carboxylic acids is 1. The first kappa shape index (κ1) is 34.8. The molecule has 0 fully saturated rings. The monoisotopic (exact) mass is 789 g/mol. The number of hydrogen-bond donors (Lipinski definition) is 1. The lowest BCUT2D eigenvalue weighted by atomic mass is 10.1. The number of rotatable bonds is 4. The number of nitrogens with zero attached hydrogens (tertiary/aromatic N) is 3. The third-order valence-corrected chi connectivity index (χ3v) is 8.82. The summed E-state index contributed by atoms with van der Waals surface area (Å²) in [6.45, 7) is 0.246. The molecule has 2 aromatic heterocycles. The summed E-state index contributed by atoms with van der Waals surface area (Å²) in [6.07, 6.45) is 5.43. The van der Waals surface area contributed by atoms with Crippen molar-refractivity contribution in [2.45, 2.75) is 38.5 Å². The molecule has 3 heterocycles. The van der Waals surface area contributed by atoms with E-state index >= 15 is 0 Å². The zero-order chi connectivity index (χ0) is 32.8. The first-order valence-corrected chi connectivity index (χ1v) is 15.8. The Kier molecular flexibility index (Phi) is 12.0. The van der Waals surface area contributed by atoms with Crippen LogP contribution in [0.2, 0.25) is 10.3 Å². The summed E-state index contributed by atoms with van der Waals surface area (Å²) in [6, 6.07) is 8.90. The second kappa shape index (κ2) is 15.5. The minimum atomic E-state index is -0.903. The Morgan fingerprint density at radius 2 is 1.33 bits per heavy atom. The van der Waals surface area contributed by atoms with E-state index < -0.39 is 17.6 Å². The van der Waals surface area contributed by atoms with E-state index in [0.717, 1.165) is 12.5 Å². The number of fused-ring (bicyclic) bond motifs is 2. The number of pyridine rings is 2. The number of carboxylic acids is 1. The van der Waals surface area contributed by atoms with Crippen LogP contribution in [0.25, 0.3) is 0 Å². The number of hydrogen-bond acceptors (Lipinski definition) is 4. The number of carbonyl (C=O) groups is 2. The zero-order valence-electron chi connectivity index (χ0n) is 23.2. The first-order chi connectivity index (χ1) is 21.4. The van der Waals surface area contributed by atoms with E-state index in [0.29, 0.717) is 35.1 Å². The number of halogens is 8. The minimum Gasteiger partial charge on any atom is -0.481 e. The Labute approximate surface area is 282 Å². The fourth-order valence-electron chi connectivity index (χ4n) is 4.92. The molecule has 236 valence electrons. The van der Waals surface area contributed by atoms with E-state index in [9.17, 15) is 27.2 Å². The van der Waals surface area contributed by atoms with Gasteiger partial charge in [0.25, 0.3) is 0 Å². The first-order valence-electron chi connectivity index (χ1n) is 13.4. The highest BCUT2D eigenvalue weighted by Gasteiger charge is 2.31. The molecule has 0 atom stereocenters.